The van der Waals surface area contributed by atoms with Gasteiger partial charge in [-0.3, -0.25) is 10.1 Å². The van der Waals surface area contributed by atoms with Crippen LogP contribution in [0.5, 0.6) is 0 Å². The number of thiazole rings is 1. The molecule has 0 bridgehead atoms. The summed E-state index contributed by atoms with van der Waals surface area (Å²) in [5.41, 5.74) is 1.37. The van der Waals surface area contributed by atoms with Gasteiger partial charge in [0.2, 0.25) is 0 Å². The van der Waals surface area contributed by atoms with Gasteiger partial charge in [-0.05, 0) is 36.4 Å². The summed E-state index contributed by atoms with van der Waals surface area (Å²) in [6.45, 7) is 0. The van der Waals surface area contributed by atoms with Gasteiger partial charge in [-0.1, -0.05) is 12.1 Å². The standard InChI is InChI=1S/C17H13FN2O3S2/c1-25(22,23)15-5-3-2-4-13(15)16(21)20-17-19-14(10-24-17)11-6-8-12(18)9-7-11/h2-10H,1H3,(H,19,20,21). The first-order chi connectivity index (χ1) is 11.8. The fourth-order valence-electron chi connectivity index (χ4n) is 2.23. The van der Waals surface area contributed by atoms with E-state index in [1.54, 1.807) is 29.6 Å². The van der Waals surface area contributed by atoms with E-state index in [1.165, 1.54) is 35.6 Å². The maximum absolute atomic E-state index is 13.0. The minimum absolute atomic E-state index is 0.0391. The van der Waals surface area contributed by atoms with Crippen LogP contribution in [0.25, 0.3) is 11.3 Å². The van der Waals surface area contributed by atoms with Crippen LogP contribution in [0.15, 0.2) is 58.8 Å². The van der Waals surface area contributed by atoms with Gasteiger partial charge in [-0.25, -0.2) is 17.8 Å². The van der Waals surface area contributed by atoms with Gasteiger partial charge in [-0.15, -0.1) is 11.3 Å². The first-order valence-electron chi connectivity index (χ1n) is 7.16. The van der Waals surface area contributed by atoms with Crippen molar-refractivity contribution in [3.8, 4) is 11.3 Å². The number of sulfone groups is 1. The third-order valence-electron chi connectivity index (χ3n) is 3.40. The van der Waals surface area contributed by atoms with Crippen LogP contribution in [0.1, 0.15) is 10.4 Å². The van der Waals surface area contributed by atoms with E-state index in [0.717, 1.165) is 11.8 Å². The maximum atomic E-state index is 13.0. The van der Waals surface area contributed by atoms with E-state index < -0.39 is 15.7 Å². The number of benzene rings is 2. The lowest BCUT2D eigenvalue weighted by atomic mass is 10.2. The highest BCUT2D eigenvalue weighted by atomic mass is 32.2. The van der Waals surface area contributed by atoms with E-state index in [9.17, 15) is 17.6 Å². The number of rotatable bonds is 4. The minimum Gasteiger partial charge on any atom is -0.298 e. The Morgan fingerprint density at radius 1 is 1.12 bits per heavy atom. The number of amides is 1. The molecule has 0 aliphatic rings. The lowest BCUT2D eigenvalue weighted by Crippen LogP contribution is -2.15. The lowest BCUT2D eigenvalue weighted by Gasteiger charge is -2.07. The van der Waals surface area contributed by atoms with E-state index in [0.29, 0.717) is 10.8 Å². The summed E-state index contributed by atoms with van der Waals surface area (Å²) in [4.78, 5) is 16.7. The Morgan fingerprint density at radius 2 is 1.80 bits per heavy atom. The normalized spacial score (nSPS) is 11.3. The zero-order chi connectivity index (χ0) is 18.0. The molecule has 0 saturated heterocycles. The molecule has 1 amide bonds. The van der Waals surface area contributed by atoms with Crippen LogP contribution in [-0.4, -0.2) is 25.6 Å². The van der Waals surface area contributed by atoms with Gasteiger partial charge in [0, 0.05) is 17.2 Å². The molecule has 1 aromatic heterocycles. The average Bonchev–Trinajstić information content (AvgIpc) is 3.03. The van der Waals surface area contributed by atoms with Crippen LogP contribution in [0.3, 0.4) is 0 Å². The Bertz CT molecular complexity index is 1030. The molecule has 0 fully saturated rings. The number of hydrogen-bond donors (Lipinski definition) is 1. The number of halogens is 1. The van der Waals surface area contributed by atoms with Crippen molar-refractivity contribution in [3.63, 3.8) is 0 Å². The van der Waals surface area contributed by atoms with Crippen LogP contribution in [-0.2, 0) is 9.84 Å². The molecule has 8 heteroatoms. The highest BCUT2D eigenvalue weighted by Crippen LogP contribution is 2.26. The largest absolute Gasteiger partial charge is 0.298 e. The van der Waals surface area contributed by atoms with Gasteiger partial charge in [0.15, 0.2) is 15.0 Å². The quantitative estimate of drug-likeness (QED) is 0.755. The molecule has 0 radical (unpaired) electrons. The third-order valence-corrected chi connectivity index (χ3v) is 5.31. The van der Waals surface area contributed by atoms with E-state index in [1.807, 2.05) is 0 Å². The maximum Gasteiger partial charge on any atom is 0.258 e. The minimum atomic E-state index is -3.53. The number of nitrogens with one attached hydrogen (secondary N) is 1. The molecule has 0 spiro atoms. The molecule has 0 saturated carbocycles. The van der Waals surface area contributed by atoms with Crippen molar-refractivity contribution < 1.29 is 17.6 Å². The monoisotopic (exact) mass is 376 g/mol. The van der Waals surface area contributed by atoms with Crippen LogP contribution >= 0.6 is 11.3 Å². The van der Waals surface area contributed by atoms with Crippen LogP contribution < -0.4 is 5.32 Å². The molecular formula is C17H13FN2O3S2. The predicted octanol–water partition coefficient (Wildman–Crippen LogP) is 3.61. The topological polar surface area (TPSA) is 76.1 Å². The van der Waals surface area contributed by atoms with Gasteiger partial charge in [0.1, 0.15) is 5.82 Å². The number of hydrogen-bond acceptors (Lipinski definition) is 5. The molecule has 25 heavy (non-hydrogen) atoms. The molecule has 1 heterocycles. The second kappa shape index (κ2) is 6.73. The molecule has 0 unspecified atom stereocenters. The number of nitrogens with zero attached hydrogens (tertiary/aromatic N) is 1. The second-order valence-electron chi connectivity index (χ2n) is 5.27. The molecule has 2 aromatic carbocycles. The second-order valence-corrected chi connectivity index (χ2v) is 8.11. The Kier molecular flexibility index (Phi) is 4.65. The van der Waals surface area contributed by atoms with Crippen molar-refractivity contribution in [1.82, 2.24) is 4.98 Å². The first-order valence-corrected chi connectivity index (χ1v) is 9.93. The van der Waals surface area contributed by atoms with E-state index in [4.69, 9.17) is 0 Å². The summed E-state index contributed by atoms with van der Waals surface area (Å²) in [5, 5.41) is 4.66. The third kappa shape index (κ3) is 3.92. The molecule has 3 aromatic rings. The Hall–Kier alpha value is -2.58. The predicted molar refractivity (Wildman–Crippen MR) is 95.0 cm³/mol. The summed E-state index contributed by atoms with van der Waals surface area (Å²) in [6.07, 6.45) is 1.05. The van der Waals surface area contributed by atoms with Crippen molar-refractivity contribution in [2.75, 3.05) is 11.6 Å². The zero-order valence-electron chi connectivity index (χ0n) is 13.1. The van der Waals surface area contributed by atoms with Gasteiger partial charge in [-0.2, -0.15) is 0 Å². The molecule has 128 valence electrons. The summed E-state index contributed by atoms with van der Waals surface area (Å²) < 4.78 is 36.6. The molecule has 1 N–H and O–H groups in total. The van der Waals surface area contributed by atoms with Crippen LogP contribution in [0.4, 0.5) is 9.52 Å². The van der Waals surface area contributed by atoms with E-state index in [-0.39, 0.29) is 16.3 Å². The number of carbonyl (C=O) groups excluding carboxylic acids is 1. The molecule has 3 rings (SSSR count). The fourth-order valence-corrected chi connectivity index (χ4v) is 3.83. The molecule has 0 atom stereocenters. The van der Waals surface area contributed by atoms with Crippen molar-refractivity contribution >= 4 is 32.2 Å². The highest BCUT2D eigenvalue weighted by Gasteiger charge is 2.19. The van der Waals surface area contributed by atoms with Crippen molar-refractivity contribution in [2.24, 2.45) is 0 Å². The first kappa shape index (κ1) is 17.2. The molecule has 5 nitrogen and oxygen atoms in total. The molecule has 0 aliphatic heterocycles. The fraction of sp³-hybridized carbons (Fsp3) is 0.0588. The summed E-state index contributed by atoms with van der Waals surface area (Å²) in [7, 11) is -3.53. The van der Waals surface area contributed by atoms with Crippen molar-refractivity contribution in [1.29, 1.82) is 0 Å². The SMILES string of the molecule is CS(=O)(=O)c1ccccc1C(=O)Nc1nc(-c2ccc(F)cc2)cs1. The van der Waals surface area contributed by atoms with Crippen molar-refractivity contribution in [2.45, 2.75) is 4.90 Å². The van der Waals surface area contributed by atoms with E-state index >= 15 is 0 Å². The molecular weight excluding hydrogens is 363 g/mol. The summed E-state index contributed by atoms with van der Waals surface area (Å²) in [5.74, 6) is -0.897. The lowest BCUT2D eigenvalue weighted by molar-refractivity contribution is 0.102. The Labute approximate surface area is 148 Å². The van der Waals surface area contributed by atoms with Crippen LogP contribution in [0, 0.1) is 5.82 Å². The highest BCUT2D eigenvalue weighted by molar-refractivity contribution is 7.90. The van der Waals surface area contributed by atoms with Gasteiger partial charge in [0.05, 0.1) is 16.2 Å². The smallest absolute Gasteiger partial charge is 0.258 e. The van der Waals surface area contributed by atoms with E-state index in [2.05, 4.69) is 10.3 Å². The average molecular weight is 376 g/mol. The van der Waals surface area contributed by atoms with Crippen molar-refractivity contribution in [3.05, 3.63) is 65.3 Å². The Balaban J connectivity index is 1.85. The Morgan fingerprint density at radius 3 is 2.48 bits per heavy atom. The zero-order valence-corrected chi connectivity index (χ0v) is 14.7. The molecule has 0 aliphatic carbocycles. The number of carbonyl (C=O) groups is 1. The van der Waals surface area contributed by atoms with Crippen LogP contribution in [0.2, 0.25) is 0 Å². The summed E-state index contributed by atoms with van der Waals surface area (Å²) in [6, 6.07) is 11.8. The van der Waals surface area contributed by atoms with Gasteiger partial charge in [0.25, 0.3) is 5.91 Å². The number of anilines is 1. The number of aromatic nitrogens is 1. The summed E-state index contributed by atoms with van der Waals surface area (Å²) >= 11 is 1.20. The van der Waals surface area contributed by atoms with Gasteiger partial charge >= 0.3 is 0 Å². The van der Waals surface area contributed by atoms with Gasteiger partial charge < -0.3 is 0 Å².